The Morgan fingerprint density at radius 1 is 1.41 bits per heavy atom. The standard InChI is InChI=1S/C14H13F2N5O/c1-20(8-11-17-6-7-21(11)14(15)16)13(22)12-9-4-2-3-5-10(9)18-19-12/h2-7,14H,8H2,1H3,(H,18,19). The number of nitrogens with one attached hydrogen (secondary N) is 1. The number of carbonyl (C=O) groups is 1. The molecule has 2 aromatic heterocycles. The molecule has 0 fully saturated rings. The van der Waals surface area contributed by atoms with Gasteiger partial charge >= 0.3 is 6.55 Å². The average molecular weight is 305 g/mol. The van der Waals surface area contributed by atoms with Gasteiger partial charge in [-0.25, -0.2) is 4.98 Å². The summed E-state index contributed by atoms with van der Waals surface area (Å²) in [6, 6.07) is 7.22. The van der Waals surface area contributed by atoms with Crippen molar-refractivity contribution in [3.05, 3.63) is 48.2 Å². The minimum Gasteiger partial charge on any atom is -0.333 e. The fourth-order valence-electron chi connectivity index (χ4n) is 2.24. The van der Waals surface area contributed by atoms with Crippen molar-refractivity contribution in [3.8, 4) is 0 Å². The molecule has 3 rings (SSSR count). The maximum atomic E-state index is 12.8. The number of amides is 1. The lowest BCUT2D eigenvalue weighted by molar-refractivity contribution is 0.0611. The van der Waals surface area contributed by atoms with Crippen LogP contribution in [0.25, 0.3) is 10.9 Å². The van der Waals surface area contributed by atoms with Crippen molar-refractivity contribution in [3.63, 3.8) is 0 Å². The Morgan fingerprint density at radius 2 is 2.18 bits per heavy atom. The van der Waals surface area contributed by atoms with Gasteiger partial charge in [0.15, 0.2) is 5.69 Å². The quantitative estimate of drug-likeness (QED) is 0.805. The lowest BCUT2D eigenvalue weighted by Crippen LogP contribution is -2.28. The molecule has 0 unspecified atom stereocenters. The van der Waals surface area contributed by atoms with Crippen LogP contribution < -0.4 is 0 Å². The number of H-pyrrole nitrogens is 1. The van der Waals surface area contributed by atoms with Crippen molar-refractivity contribution < 1.29 is 13.6 Å². The summed E-state index contributed by atoms with van der Waals surface area (Å²) >= 11 is 0. The van der Waals surface area contributed by atoms with Gasteiger partial charge in [0.25, 0.3) is 5.91 Å². The molecule has 3 aromatic rings. The number of carbonyl (C=O) groups excluding carboxylic acids is 1. The molecule has 0 aliphatic rings. The van der Waals surface area contributed by atoms with E-state index < -0.39 is 6.55 Å². The second-order valence-corrected chi connectivity index (χ2v) is 4.81. The predicted octanol–water partition coefficient (Wildman–Crippen LogP) is 2.43. The van der Waals surface area contributed by atoms with Crippen molar-refractivity contribution in [2.24, 2.45) is 0 Å². The van der Waals surface area contributed by atoms with Crippen LogP contribution in [0, 0.1) is 0 Å². The molecule has 0 radical (unpaired) electrons. The SMILES string of the molecule is CN(Cc1nccn1C(F)F)C(=O)c1n[nH]c2ccccc12. The molecule has 6 nitrogen and oxygen atoms in total. The minimum absolute atomic E-state index is 0.0304. The molecule has 0 aliphatic heterocycles. The number of hydrogen-bond donors (Lipinski definition) is 1. The summed E-state index contributed by atoms with van der Waals surface area (Å²) in [7, 11) is 1.52. The van der Waals surface area contributed by atoms with E-state index in [0.29, 0.717) is 5.39 Å². The average Bonchev–Trinajstić information content (AvgIpc) is 3.12. The Bertz CT molecular complexity index is 810. The van der Waals surface area contributed by atoms with Gasteiger partial charge in [-0.1, -0.05) is 18.2 Å². The lowest BCUT2D eigenvalue weighted by Gasteiger charge is -2.16. The zero-order valence-corrected chi connectivity index (χ0v) is 11.7. The molecule has 0 spiro atoms. The molecule has 1 N–H and O–H groups in total. The number of alkyl halides is 2. The van der Waals surface area contributed by atoms with Gasteiger partial charge in [0, 0.05) is 24.8 Å². The number of rotatable bonds is 4. The summed E-state index contributed by atoms with van der Waals surface area (Å²) in [6.07, 6.45) is 2.46. The summed E-state index contributed by atoms with van der Waals surface area (Å²) in [5.74, 6) is -0.244. The summed E-state index contributed by atoms with van der Waals surface area (Å²) < 4.78 is 26.3. The van der Waals surface area contributed by atoms with Crippen LogP contribution in [0.3, 0.4) is 0 Å². The van der Waals surface area contributed by atoms with Crippen LogP contribution in [0.1, 0.15) is 22.9 Å². The van der Waals surface area contributed by atoms with Crippen molar-refractivity contribution in [2.75, 3.05) is 7.05 Å². The topological polar surface area (TPSA) is 66.8 Å². The number of halogens is 2. The van der Waals surface area contributed by atoms with Gasteiger partial charge in [0.2, 0.25) is 0 Å². The van der Waals surface area contributed by atoms with Gasteiger partial charge in [-0.15, -0.1) is 0 Å². The molecule has 0 saturated heterocycles. The number of imidazole rings is 1. The molecule has 0 aliphatic carbocycles. The van der Waals surface area contributed by atoms with Gasteiger partial charge in [-0.3, -0.25) is 14.5 Å². The maximum absolute atomic E-state index is 12.8. The molecular formula is C14H13F2N5O. The van der Waals surface area contributed by atoms with Gasteiger partial charge in [-0.2, -0.15) is 13.9 Å². The molecule has 1 aromatic carbocycles. The normalized spacial score (nSPS) is 11.3. The monoisotopic (exact) mass is 305 g/mol. The Labute approximate surface area is 124 Å². The van der Waals surface area contributed by atoms with Crippen LogP contribution in [0.15, 0.2) is 36.7 Å². The highest BCUT2D eigenvalue weighted by Gasteiger charge is 2.20. The fourth-order valence-corrected chi connectivity index (χ4v) is 2.24. The van der Waals surface area contributed by atoms with E-state index in [-0.39, 0.29) is 24.0 Å². The predicted molar refractivity (Wildman–Crippen MR) is 75.4 cm³/mol. The smallest absolute Gasteiger partial charge is 0.319 e. The third kappa shape index (κ3) is 2.43. The molecule has 0 bridgehead atoms. The van der Waals surface area contributed by atoms with E-state index in [0.717, 1.165) is 10.1 Å². The number of fused-ring (bicyclic) bond motifs is 1. The van der Waals surface area contributed by atoms with Gasteiger partial charge in [0.05, 0.1) is 12.1 Å². The molecule has 0 atom stereocenters. The minimum atomic E-state index is -2.69. The Morgan fingerprint density at radius 3 is 2.95 bits per heavy atom. The van der Waals surface area contributed by atoms with Gasteiger partial charge < -0.3 is 4.90 Å². The molecule has 0 saturated carbocycles. The third-order valence-corrected chi connectivity index (χ3v) is 3.36. The van der Waals surface area contributed by atoms with Gasteiger partial charge in [-0.05, 0) is 6.07 Å². The van der Waals surface area contributed by atoms with Crippen molar-refractivity contribution in [1.29, 1.82) is 0 Å². The Kier molecular flexibility index (Phi) is 3.58. The molecule has 22 heavy (non-hydrogen) atoms. The first-order valence-electron chi connectivity index (χ1n) is 6.56. The molecule has 114 valence electrons. The van der Waals surface area contributed by atoms with Crippen molar-refractivity contribution in [1.82, 2.24) is 24.6 Å². The van der Waals surface area contributed by atoms with E-state index in [1.807, 2.05) is 12.1 Å². The third-order valence-electron chi connectivity index (χ3n) is 3.36. The van der Waals surface area contributed by atoms with Crippen LogP contribution in [0.5, 0.6) is 0 Å². The van der Waals surface area contributed by atoms with E-state index >= 15 is 0 Å². The molecular weight excluding hydrogens is 292 g/mol. The number of aromatic amines is 1. The van der Waals surface area contributed by atoms with Crippen molar-refractivity contribution >= 4 is 16.8 Å². The first kappa shape index (κ1) is 14.2. The van der Waals surface area contributed by atoms with E-state index in [4.69, 9.17) is 0 Å². The van der Waals surface area contributed by atoms with Crippen molar-refractivity contribution in [2.45, 2.75) is 13.1 Å². The van der Waals surface area contributed by atoms with E-state index in [9.17, 15) is 13.6 Å². The highest BCUT2D eigenvalue weighted by molar-refractivity contribution is 6.04. The summed E-state index contributed by atoms with van der Waals surface area (Å²) in [5.41, 5.74) is 1.00. The second-order valence-electron chi connectivity index (χ2n) is 4.81. The fraction of sp³-hybridized carbons (Fsp3) is 0.214. The molecule has 2 heterocycles. The van der Waals surface area contributed by atoms with Crippen LogP contribution in [-0.4, -0.2) is 37.6 Å². The van der Waals surface area contributed by atoms with Crippen LogP contribution in [-0.2, 0) is 6.54 Å². The summed E-state index contributed by atoms with van der Waals surface area (Å²) in [6.45, 7) is -2.72. The number of benzene rings is 1. The Hall–Kier alpha value is -2.77. The van der Waals surface area contributed by atoms with Crippen LogP contribution >= 0.6 is 0 Å². The van der Waals surface area contributed by atoms with E-state index in [1.165, 1.54) is 24.3 Å². The van der Waals surface area contributed by atoms with E-state index in [1.54, 1.807) is 12.1 Å². The van der Waals surface area contributed by atoms with E-state index in [2.05, 4.69) is 15.2 Å². The lowest BCUT2D eigenvalue weighted by atomic mass is 10.2. The number of nitrogens with zero attached hydrogens (tertiary/aromatic N) is 4. The Balaban J connectivity index is 1.84. The van der Waals surface area contributed by atoms with Crippen LogP contribution in [0.4, 0.5) is 8.78 Å². The number of aromatic nitrogens is 4. The first-order valence-corrected chi connectivity index (χ1v) is 6.56. The number of hydrogen-bond acceptors (Lipinski definition) is 3. The van der Waals surface area contributed by atoms with Crippen LogP contribution in [0.2, 0.25) is 0 Å². The summed E-state index contributed by atoms with van der Waals surface area (Å²) in [4.78, 5) is 17.6. The summed E-state index contributed by atoms with van der Waals surface area (Å²) in [5, 5.41) is 7.48. The largest absolute Gasteiger partial charge is 0.333 e. The highest BCUT2D eigenvalue weighted by atomic mass is 19.3. The maximum Gasteiger partial charge on any atom is 0.319 e. The highest BCUT2D eigenvalue weighted by Crippen LogP contribution is 2.18. The molecule has 8 heteroatoms. The first-order chi connectivity index (χ1) is 10.6. The zero-order chi connectivity index (χ0) is 15.7. The molecule has 1 amide bonds. The second kappa shape index (κ2) is 5.55. The number of para-hydroxylation sites is 1. The van der Waals surface area contributed by atoms with Gasteiger partial charge in [0.1, 0.15) is 5.82 Å². The zero-order valence-electron chi connectivity index (χ0n) is 11.7.